The molecule has 3 rings (SSSR count). The second kappa shape index (κ2) is 8.06. The fourth-order valence-electron chi connectivity index (χ4n) is 2.37. The molecule has 10 heteroatoms. The number of carbonyl (C=O) groups is 1. The Bertz CT molecular complexity index is 1000. The zero-order valence-corrected chi connectivity index (χ0v) is 16.5. The van der Waals surface area contributed by atoms with Gasteiger partial charge in [0, 0.05) is 27.7 Å². The molecule has 0 aliphatic carbocycles. The van der Waals surface area contributed by atoms with E-state index in [0.29, 0.717) is 20.6 Å². The number of alkyl halides is 3. The molecule has 0 aliphatic heterocycles. The standard InChI is InChI=1S/C18H12Cl2F3N3OS/c1-26-17(28-13-8-4-11(20)5-9-13)14(15(25-26)18(21,22)23)16(27)24-12-6-2-10(19)3-7-12/h2-9H,1H3,(H,24,27). The molecule has 0 radical (unpaired) electrons. The largest absolute Gasteiger partial charge is 0.436 e. The van der Waals surface area contributed by atoms with Crippen LogP contribution < -0.4 is 5.32 Å². The van der Waals surface area contributed by atoms with Gasteiger partial charge in [0.1, 0.15) is 10.6 Å². The van der Waals surface area contributed by atoms with Crippen LogP contribution in [0.5, 0.6) is 0 Å². The molecule has 0 spiro atoms. The van der Waals surface area contributed by atoms with Crippen LogP contribution in [0.3, 0.4) is 0 Å². The van der Waals surface area contributed by atoms with Crippen LogP contribution in [0.2, 0.25) is 10.0 Å². The van der Waals surface area contributed by atoms with Crippen molar-refractivity contribution in [1.82, 2.24) is 9.78 Å². The lowest BCUT2D eigenvalue weighted by molar-refractivity contribution is -0.141. The van der Waals surface area contributed by atoms with E-state index >= 15 is 0 Å². The van der Waals surface area contributed by atoms with Crippen LogP contribution in [0.25, 0.3) is 0 Å². The smallest absolute Gasteiger partial charge is 0.322 e. The second-order valence-corrected chi connectivity index (χ2v) is 7.60. The van der Waals surface area contributed by atoms with E-state index in [9.17, 15) is 18.0 Å². The molecule has 1 N–H and O–H groups in total. The van der Waals surface area contributed by atoms with E-state index < -0.39 is 23.3 Å². The van der Waals surface area contributed by atoms with Crippen molar-refractivity contribution >= 4 is 46.6 Å². The number of amides is 1. The molecule has 1 amide bonds. The molecular weight excluding hydrogens is 434 g/mol. The van der Waals surface area contributed by atoms with Gasteiger partial charge in [-0.1, -0.05) is 35.0 Å². The van der Waals surface area contributed by atoms with Gasteiger partial charge in [-0.25, -0.2) is 0 Å². The predicted octanol–water partition coefficient (Wildman–Crippen LogP) is 6.15. The van der Waals surface area contributed by atoms with Gasteiger partial charge in [-0.15, -0.1) is 0 Å². The molecule has 1 aromatic heterocycles. The Hall–Kier alpha value is -2.16. The minimum atomic E-state index is -4.79. The average Bonchev–Trinajstić information content (AvgIpc) is 2.96. The summed E-state index contributed by atoms with van der Waals surface area (Å²) >= 11 is 12.6. The molecule has 28 heavy (non-hydrogen) atoms. The van der Waals surface area contributed by atoms with Crippen LogP contribution in [-0.4, -0.2) is 15.7 Å². The van der Waals surface area contributed by atoms with Crippen LogP contribution in [0, 0.1) is 0 Å². The van der Waals surface area contributed by atoms with Gasteiger partial charge in [0.05, 0.1) is 0 Å². The van der Waals surface area contributed by atoms with Crippen molar-refractivity contribution in [3.8, 4) is 0 Å². The minimum Gasteiger partial charge on any atom is -0.322 e. The third-order valence-electron chi connectivity index (χ3n) is 3.62. The lowest BCUT2D eigenvalue weighted by Crippen LogP contribution is -2.18. The maximum absolute atomic E-state index is 13.5. The zero-order valence-electron chi connectivity index (χ0n) is 14.2. The number of aryl methyl sites for hydroxylation is 1. The summed E-state index contributed by atoms with van der Waals surface area (Å²) in [6.07, 6.45) is -4.79. The molecule has 0 saturated carbocycles. The van der Waals surface area contributed by atoms with Gasteiger partial charge < -0.3 is 5.32 Å². The highest BCUT2D eigenvalue weighted by atomic mass is 35.5. The van der Waals surface area contributed by atoms with Crippen LogP contribution in [0.15, 0.2) is 58.5 Å². The Labute approximate surface area is 172 Å². The number of hydrogen-bond donors (Lipinski definition) is 1. The number of benzene rings is 2. The Morgan fingerprint density at radius 1 is 1.04 bits per heavy atom. The summed E-state index contributed by atoms with van der Waals surface area (Å²) in [4.78, 5) is 13.3. The van der Waals surface area contributed by atoms with Gasteiger partial charge >= 0.3 is 6.18 Å². The van der Waals surface area contributed by atoms with E-state index in [2.05, 4.69) is 10.4 Å². The minimum absolute atomic E-state index is 0.0566. The zero-order chi connectivity index (χ0) is 20.5. The van der Waals surface area contributed by atoms with Gasteiger partial charge in [0.2, 0.25) is 0 Å². The molecule has 0 fully saturated rings. The topological polar surface area (TPSA) is 46.9 Å². The summed E-state index contributed by atoms with van der Waals surface area (Å²) in [6.45, 7) is 0. The van der Waals surface area contributed by atoms with Gasteiger partial charge in [0.15, 0.2) is 5.69 Å². The van der Waals surface area contributed by atoms with Crippen molar-refractivity contribution in [2.75, 3.05) is 5.32 Å². The number of rotatable bonds is 4. The van der Waals surface area contributed by atoms with Gasteiger partial charge in [0.25, 0.3) is 5.91 Å². The number of nitrogens with one attached hydrogen (secondary N) is 1. The number of aromatic nitrogens is 2. The fourth-order valence-corrected chi connectivity index (χ4v) is 3.58. The van der Waals surface area contributed by atoms with E-state index in [-0.39, 0.29) is 5.03 Å². The van der Waals surface area contributed by atoms with Crippen LogP contribution in [-0.2, 0) is 13.2 Å². The van der Waals surface area contributed by atoms with Gasteiger partial charge in [-0.2, -0.15) is 18.3 Å². The first-order valence-electron chi connectivity index (χ1n) is 7.79. The van der Waals surface area contributed by atoms with Crippen LogP contribution in [0.1, 0.15) is 16.1 Å². The number of nitrogens with zero attached hydrogens (tertiary/aromatic N) is 2. The summed E-state index contributed by atoms with van der Waals surface area (Å²) in [5.41, 5.74) is -1.49. The van der Waals surface area contributed by atoms with Crippen molar-refractivity contribution in [3.05, 3.63) is 69.8 Å². The van der Waals surface area contributed by atoms with E-state index in [0.717, 1.165) is 16.4 Å². The molecule has 0 atom stereocenters. The van der Waals surface area contributed by atoms with Crippen molar-refractivity contribution in [1.29, 1.82) is 0 Å². The lowest BCUT2D eigenvalue weighted by atomic mass is 10.2. The number of carbonyl (C=O) groups excluding carboxylic acids is 1. The van der Waals surface area contributed by atoms with Gasteiger partial charge in [-0.05, 0) is 48.5 Å². The van der Waals surface area contributed by atoms with Gasteiger partial charge in [-0.3, -0.25) is 9.48 Å². The van der Waals surface area contributed by atoms with Crippen molar-refractivity contribution in [2.45, 2.75) is 16.1 Å². The van der Waals surface area contributed by atoms with E-state index in [4.69, 9.17) is 23.2 Å². The molecule has 2 aromatic carbocycles. The number of halogens is 5. The molecule has 0 unspecified atom stereocenters. The average molecular weight is 446 g/mol. The fraction of sp³-hybridized carbons (Fsp3) is 0.111. The third kappa shape index (κ3) is 4.63. The normalized spacial score (nSPS) is 11.5. The van der Waals surface area contributed by atoms with E-state index in [1.807, 2.05) is 0 Å². The summed E-state index contributed by atoms with van der Waals surface area (Å²) in [5, 5.41) is 6.98. The second-order valence-electron chi connectivity index (χ2n) is 5.67. The number of hydrogen-bond acceptors (Lipinski definition) is 3. The molecule has 0 saturated heterocycles. The summed E-state index contributed by atoms with van der Waals surface area (Å²) < 4.78 is 41.5. The molecular formula is C18H12Cl2F3N3OS. The maximum atomic E-state index is 13.5. The Morgan fingerprint density at radius 2 is 1.57 bits per heavy atom. The molecule has 4 nitrogen and oxygen atoms in total. The lowest BCUT2D eigenvalue weighted by Gasteiger charge is -2.10. The highest BCUT2D eigenvalue weighted by Gasteiger charge is 2.41. The van der Waals surface area contributed by atoms with Crippen LogP contribution in [0.4, 0.5) is 18.9 Å². The Balaban J connectivity index is 2.01. The first-order chi connectivity index (χ1) is 13.1. The highest BCUT2D eigenvalue weighted by Crippen LogP contribution is 2.39. The van der Waals surface area contributed by atoms with Crippen molar-refractivity contribution in [3.63, 3.8) is 0 Å². The maximum Gasteiger partial charge on any atom is 0.436 e. The SMILES string of the molecule is Cn1nc(C(F)(F)F)c(C(=O)Nc2ccc(Cl)cc2)c1Sc1ccc(Cl)cc1. The van der Waals surface area contributed by atoms with Crippen LogP contribution >= 0.6 is 35.0 Å². The third-order valence-corrected chi connectivity index (χ3v) is 5.29. The van der Waals surface area contributed by atoms with Crippen molar-refractivity contribution in [2.24, 2.45) is 7.05 Å². The molecule has 146 valence electrons. The predicted molar refractivity (Wildman–Crippen MR) is 103 cm³/mol. The quantitative estimate of drug-likeness (QED) is 0.523. The highest BCUT2D eigenvalue weighted by molar-refractivity contribution is 7.99. The van der Waals surface area contributed by atoms with E-state index in [1.165, 1.54) is 31.3 Å². The van der Waals surface area contributed by atoms with E-state index in [1.54, 1.807) is 24.3 Å². The summed E-state index contributed by atoms with van der Waals surface area (Å²) in [5.74, 6) is -0.917. The Kier molecular flexibility index (Phi) is 5.92. The molecule has 0 bridgehead atoms. The molecule has 3 aromatic rings. The summed E-state index contributed by atoms with van der Waals surface area (Å²) in [7, 11) is 1.35. The Morgan fingerprint density at radius 3 is 2.11 bits per heavy atom. The first kappa shape index (κ1) is 20.6. The molecule has 0 aliphatic rings. The molecule has 1 heterocycles. The monoisotopic (exact) mass is 445 g/mol. The van der Waals surface area contributed by atoms with Crippen molar-refractivity contribution < 1.29 is 18.0 Å². The first-order valence-corrected chi connectivity index (χ1v) is 9.37. The number of anilines is 1. The summed E-state index contributed by atoms with van der Waals surface area (Å²) in [6, 6.07) is 12.5.